The molecule has 7 heteroatoms. The highest BCUT2D eigenvalue weighted by Crippen LogP contribution is 2.20. The molecule has 1 fully saturated rings. The zero-order valence-electron chi connectivity index (χ0n) is 14.9. The van der Waals surface area contributed by atoms with Crippen LogP contribution in [-0.2, 0) is 14.8 Å². The first-order valence-corrected chi connectivity index (χ1v) is 9.72. The van der Waals surface area contributed by atoms with Crippen LogP contribution in [0.1, 0.15) is 18.1 Å². The zero-order chi connectivity index (χ0) is 17.9. The fourth-order valence-electron chi connectivity index (χ4n) is 2.88. The molecule has 1 heterocycles. The van der Waals surface area contributed by atoms with Crippen molar-refractivity contribution in [1.29, 1.82) is 0 Å². The number of nitrogens with zero attached hydrogens (tertiary/aromatic N) is 2. The maximum atomic E-state index is 12.8. The molecule has 0 spiro atoms. The molecule has 24 heavy (non-hydrogen) atoms. The van der Waals surface area contributed by atoms with Crippen molar-refractivity contribution in [2.45, 2.75) is 25.7 Å². The Morgan fingerprint density at radius 2 is 1.79 bits per heavy atom. The molecule has 1 aromatic rings. The van der Waals surface area contributed by atoms with Gasteiger partial charge in [0.05, 0.1) is 4.90 Å². The third-order valence-electron chi connectivity index (χ3n) is 4.60. The number of hydrogen-bond acceptors (Lipinski definition) is 4. The van der Waals surface area contributed by atoms with Crippen LogP contribution in [0.4, 0.5) is 0 Å². The van der Waals surface area contributed by atoms with Crippen LogP contribution in [0.2, 0.25) is 0 Å². The van der Waals surface area contributed by atoms with Gasteiger partial charge in [-0.3, -0.25) is 4.79 Å². The summed E-state index contributed by atoms with van der Waals surface area (Å²) < 4.78 is 27.0. The summed E-state index contributed by atoms with van der Waals surface area (Å²) in [5.74, 6) is -0.0227. The Morgan fingerprint density at radius 3 is 2.33 bits per heavy atom. The fourth-order valence-corrected chi connectivity index (χ4v) is 4.39. The second-order valence-corrected chi connectivity index (χ2v) is 8.37. The Kier molecular flexibility index (Phi) is 6.01. The largest absolute Gasteiger partial charge is 0.340 e. The van der Waals surface area contributed by atoms with E-state index in [1.807, 2.05) is 33.9 Å². The maximum Gasteiger partial charge on any atom is 0.243 e. The topological polar surface area (TPSA) is 69.7 Å². The van der Waals surface area contributed by atoms with Gasteiger partial charge in [0.2, 0.25) is 15.9 Å². The number of amides is 1. The van der Waals surface area contributed by atoms with Gasteiger partial charge in [-0.15, -0.1) is 0 Å². The van der Waals surface area contributed by atoms with Crippen molar-refractivity contribution in [3.05, 3.63) is 29.3 Å². The molecule has 0 aromatic heterocycles. The van der Waals surface area contributed by atoms with Gasteiger partial charge in [0.15, 0.2) is 0 Å². The Morgan fingerprint density at radius 1 is 1.17 bits per heavy atom. The van der Waals surface area contributed by atoms with E-state index in [-0.39, 0.29) is 11.8 Å². The highest BCUT2D eigenvalue weighted by atomic mass is 32.2. The monoisotopic (exact) mass is 353 g/mol. The molecule has 6 nitrogen and oxygen atoms in total. The second kappa shape index (κ2) is 7.63. The average Bonchev–Trinajstić information content (AvgIpc) is 2.57. The molecule has 1 aromatic carbocycles. The average molecular weight is 353 g/mol. The Bertz CT molecular complexity index is 695. The van der Waals surface area contributed by atoms with Crippen LogP contribution in [-0.4, -0.2) is 63.3 Å². The molecule has 1 saturated heterocycles. The van der Waals surface area contributed by atoms with Crippen LogP contribution in [0.25, 0.3) is 0 Å². The second-order valence-electron chi connectivity index (χ2n) is 6.43. The van der Waals surface area contributed by atoms with E-state index >= 15 is 0 Å². The Hall–Kier alpha value is -1.44. The first kappa shape index (κ1) is 18.9. The lowest BCUT2D eigenvalue weighted by molar-refractivity contribution is -0.136. The smallest absolute Gasteiger partial charge is 0.243 e. The summed E-state index contributed by atoms with van der Waals surface area (Å²) in [6.45, 7) is 7.95. The van der Waals surface area contributed by atoms with E-state index in [1.165, 1.54) is 4.31 Å². The van der Waals surface area contributed by atoms with Crippen molar-refractivity contribution in [3.63, 3.8) is 0 Å². The summed E-state index contributed by atoms with van der Waals surface area (Å²) in [7, 11) is -1.68. The molecule has 0 saturated carbocycles. The van der Waals surface area contributed by atoms with Crippen LogP contribution in [0.15, 0.2) is 23.1 Å². The minimum atomic E-state index is -3.50. The van der Waals surface area contributed by atoms with Crippen molar-refractivity contribution < 1.29 is 13.2 Å². The summed E-state index contributed by atoms with van der Waals surface area (Å²) in [4.78, 5) is 14.4. The van der Waals surface area contributed by atoms with Gasteiger partial charge in [-0.2, -0.15) is 4.31 Å². The first-order chi connectivity index (χ1) is 11.3. The lowest BCUT2D eigenvalue weighted by Crippen LogP contribution is -2.52. The summed E-state index contributed by atoms with van der Waals surface area (Å²) >= 11 is 0. The number of rotatable bonds is 5. The van der Waals surface area contributed by atoms with Crippen molar-refractivity contribution >= 4 is 15.9 Å². The molecule has 0 radical (unpaired) electrons. The Balaban J connectivity index is 2.05. The van der Waals surface area contributed by atoms with E-state index < -0.39 is 10.0 Å². The van der Waals surface area contributed by atoms with Crippen LogP contribution < -0.4 is 5.32 Å². The summed E-state index contributed by atoms with van der Waals surface area (Å²) in [6, 6.07) is 5.21. The molecule has 134 valence electrons. The molecular formula is C17H27N3O3S. The molecule has 1 N–H and O–H groups in total. The summed E-state index contributed by atoms with van der Waals surface area (Å²) in [5.41, 5.74) is 2.04. The number of nitrogens with one attached hydrogen (secondary N) is 1. The van der Waals surface area contributed by atoms with Gasteiger partial charge in [-0.25, -0.2) is 8.42 Å². The standard InChI is InChI=1S/C17H27N3O3S/c1-13-5-6-16(11-14(13)2)24(22,23)20-9-7-19(8-10-20)17(21)15(3)12-18-4/h5-6,11,15,18H,7-10,12H2,1-4H3. The molecular weight excluding hydrogens is 326 g/mol. The molecule has 2 rings (SSSR count). The molecule has 1 atom stereocenters. The Labute approximate surface area is 144 Å². The van der Waals surface area contributed by atoms with Crippen LogP contribution in [0, 0.1) is 19.8 Å². The van der Waals surface area contributed by atoms with E-state index in [0.717, 1.165) is 11.1 Å². The number of benzene rings is 1. The highest BCUT2D eigenvalue weighted by molar-refractivity contribution is 7.89. The molecule has 1 aliphatic heterocycles. The van der Waals surface area contributed by atoms with E-state index in [1.54, 1.807) is 17.0 Å². The number of hydrogen-bond donors (Lipinski definition) is 1. The van der Waals surface area contributed by atoms with Crippen LogP contribution >= 0.6 is 0 Å². The summed E-state index contributed by atoms with van der Waals surface area (Å²) in [6.07, 6.45) is 0. The first-order valence-electron chi connectivity index (χ1n) is 8.28. The molecule has 0 aliphatic carbocycles. The predicted molar refractivity (Wildman–Crippen MR) is 94.3 cm³/mol. The van der Waals surface area contributed by atoms with E-state index in [4.69, 9.17) is 0 Å². The zero-order valence-corrected chi connectivity index (χ0v) is 15.7. The number of aryl methyl sites for hydroxylation is 2. The summed E-state index contributed by atoms with van der Waals surface area (Å²) in [5, 5.41) is 3.00. The van der Waals surface area contributed by atoms with Gasteiger partial charge >= 0.3 is 0 Å². The van der Waals surface area contributed by atoms with Gasteiger partial charge in [-0.1, -0.05) is 13.0 Å². The normalized spacial score (nSPS) is 17.8. The minimum absolute atomic E-state index is 0.0765. The highest BCUT2D eigenvalue weighted by Gasteiger charge is 2.31. The molecule has 1 unspecified atom stereocenters. The van der Waals surface area contributed by atoms with E-state index in [2.05, 4.69) is 5.32 Å². The van der Waals surface area contributed by atoms with Crippen molar-refractivity contribution in [2.24, 2.45) is 5.92 Å². The minimum Gasteiger partial charge on any atom is -0.340 e. The van der Waals surface area contributed by atoms with Crippen molar-refractivity contribution in [3.8, 4) is 0 Å². The molecule has 1 aliphatic rings. The SMILES string of the molecule is CNCC(C)C(=O)N1CCN(S(=O)(=O)c2ccc(C)c(C)c2)CC1. The van der Waals surface area contributed by atoms with E-state index in [9.17, 15) is 13.2 Å². The lowest BCUT2D eigenvalue weighted by atomic mass is 10.1. The number of piperazine rings is 1. The van der Waals surface area contributed by atoms with Gasteiger partial charge < -0.3 is 10.2 Å². The van der Waals surface area contributed by atoms with Crippen LogP contribution in [0.3, 0.4) is 0 Å². The number of carbonyl (C=O) groups excluding carboxylic acids is 1. The third-order valence-corrected chi connectivity index (χ3v) is 6.49. The third kappa shape index (κ3) is 3.96. The number of sulfonamides is 1. The molecule has 1 amide bonds. The quantitative estimate of drug-likeness (QED) is 0.857. The molecule has 0 bridgehead atoms. The predicted octanol–water partition coefficient (Wildman–Crippen LogP) is 0.992. The lowest BCUT2D eigenvalue weighted by Gasteiger charge is -2.35. The van der Waals surface area contributed by atoms with E-state index in [0.29, 0.717) is 37.6 Å². The van der Waals surface area contributed by atoms with Gasteiger partial charge in [0.1, 0.15) is 0 Å². The fraction of sp³-hybridized carbons (Fsp3) is 0.588. The van der Waals surface area contributed by atoms with Crippen LogP contribution in [0.5, 0.6) is 0 Å². The van der Waals surface area contributed by atoms with Gasteiger partial charge in [0.25, 0.3) is 0 Å². The van der Waals surface area contributed by atoms with Crippen molar-refractivity contribution in [1.82, 2.24) is 14.5 Å². The van der Waals surface area contributed by atoms with Crippen molar-refractivity contribution in [2.75, 3.05) is 39.8 Å². The maximum absolute atomic E-state index is 12.8. The van der Waals surface area contributed by atoms with Gasteiger partial charge in [-0.05, 0) is 44.2 Å². The number of carbonyl (C=O) groups is 1. The van der Waals surface area contributed by atoms with Gasteiger partial charge in [0, 0.05) is 38.6 Å².